The quantitative estimate of drug-likeness (QED) is 0.924. The highest BCUT2D eigenvalue weighted by molar-refractivity contribution is 7.89. The first-order valence-electron chi connectivity index (χ1n) is 7.58. The average molecular weight is 336 g/mol. The molecule has 2 heterocycles. The zero-order valence-electron chi connectivity index (χ0n) is 13.1. The van der Waals surface area contributed by atoms with Gasteiger partial charge in [0.15, 0.2) is 5.89 Å². The van der Waals surface area contributed by atoms with Crippen LogP contribution in [-0.2, 0) is 10.0 Å². The SMILES string of the molecule is Cc1nc(-c2ccc(S(=O)(=O)N3CCC(C(C)O)C3)cc2)co1. The van der Waals surface area contributed by atoms with E-state index in [0.717, 1.165) is 5.56 Å². The molecule has 0 aliphatic carbocycles. The lowest BCUT2D eigenvalue weighted by Crippen LogP contribution is -2.30. The Labute approximate surface area is 135 Å². The largest absolute Gasteiger partial charge is 0.449 e. The van der Waals surface area contributed by atoms with E-state index in [4.69, 9.17) is 4.42 Å². The molecule has 2 aromatic rings. The molecule has 3 rings (SSSR count). The van der Waals surface area contributed by atoms with Crippen molar-refractivity contribution in [2.75, 3.05) is 13.1 Å². The Morgan fingerprint density at radius 2 is 2.04 bits per heavy atom. The first kappa shape index (κ1) is 16.2. The molecule has 1 aromatic carbocycles. The van der Waals surface area contributed by atoms with Crippen LogP contribution in [0.5, 0.6) is 0 Å². The lowest BCUT2D eigenvalue weighted by Gasteiger charge is -2.17. The predicted octanol–water partition coefficient (Wildman–Crippen LogP) is 2.04. The van der Waals surface area contributed by atoms with Crippen molar-refractivity contribution in [3.63, 3.8) is 0 Å². The first-order chi connectivity index (χ1) is 10.9. The third kappa shape index (κ3) is 3.17. The Bertz CT molecular complexity index is 781. The Morgan fingerprint density at radius 1 is 1.35 bits per heavy atom. The summed E-state index contributed by atoms with van der Waals surface area (Å²) in [5.41, 5.74) is 1.49. The summed E-state index contributed by atoms with van der Waals surface area (Å²) in [7, 11) is -3.52. The van der Waals surface area contributed by atoms with Crippen LogP contribution in [0.1, 0.15) is 19.2 Å². The van der Waals surface area contributed by atoms with Gasteiger partial charge in [-0.3, -0.25) is 0 Å². The van der Waals surface area contributed by atoms with Gasteiger partial charge < -0.3 is 9.52 Å². The van der Waals surface area contributed by atoms with E-state index in [1.807, 2.05) is 0 Å². The highest BCUT2D eigenvalue weighted by Gasteiger charge is 2.34. The van der Waals surface area contributed by atoms with Gasteiger partial charge in [-0.15, -0.1) is 0 Å². The van der Waals surface area contributed by atoms with Gasteiger partial charge in [-0.05, 0) is 31.4 Å². The smallest absolute Gasteiger partial charge is 0.243 e. The maximum atomic E-state index is 12.7. The van der Waals surface area contributed by atoms with Gasteiger partial charge in [-0.2, -0.15) is 4.31 Å². The van der Waals surface area contributed by atoms with Crippen LogP contribution in [-0.4, -0.2) is 42.0 Å². The van der Waals surface area contributed by atoms with Crippen LogP contribution in [0, 0.1) is 12.8 Å². The molecule has 1 aromatic heterocycles. The molecule has 0 saturated carbocycles. The summed E-state index contributed by atoms with van der Waals surface area (Å²) in [6, 6.07) is 6.63. The van der Waals surface area contributed by atoms with Crippen molar-refractivity contribution in [1.29, 1.82) is 0 Å². The highest BCUT2D eigenvalue weighted by atomic mass is 32.2. The van der Waals surface area contributed by atoms with E-state index in [0.29, 0.717) is 31.1 Å². The summed E-state index contributed by atoms with van der Waals surface area (Å²) in [5, 5.41) is 9.63. The fraction of sp³-hybridized carbons (Fsp3) is 0.438. The number of rotatable bonds is 4. The summed E-state index contributed by atoms with van der Waals surface area (Å²) >= 11 is 0. The number of aryl methyl sites for hydroxylation is 1. The molecule has 1 aliphatic rings. The van der Waals surface area contributed by atoms with E-state index in [9.17, 15) is 13.5 Å². The van der Waals surface area contributed by atoms with Gasteiger partial charge in [0.1, 0.15) is 12.0 Å². The van der Waals surface area contributed by atoms with E-state index in [2.05, 4.69) is 4.98 Å². The number of aromatic nitrogens is 1. The molecule has 1 aliphatic heterocycles. The van der Waals surface area contributed by atoms with Gasteiger partial charge in [0.25, 0.3) is 0 Å². The minimum Gasteiger partial charge on any atom is -0.449 e. The number of benzene rings is 1. The maximum Gasteiger partial charge on any atom is 0.243 e. The normalized spacial score (nSPS) is 20.7. The fourth-order valence-corrected chi connectivity index (χ4v) is 4.32. The van der Waals surface area contributed by atoms with Crippen LogP contribution in [0.25, 0.3) is 11.3 Å². The molecule has 0 bridgehead atoms. The van der Waals surface area contributed by atoms with Gasteiger partial charge in [0.05, 0.1) is 11.0 Å². The van der Waals surface area contributed by atoms with Crippen LogP contribution in [0.2, 0.25) is 0 Å². The number of aliphatic hydroxyl groups excluding tert-OH is 1. The number of sulfonamides is 1. The third-order valence-electron chi connectivity index (χ3n) is 4.28. The second-order valence-electron chi connectivity index (χ2n) is 5.93. The van der Waals surface area contributed by atoms with Crippen molar-refractivity contribution in [3.05, 3.63) is 36.4 Å². The topological polar surface area (TPSA) is 83.6 Å². The Balaban J connectivity index is 1.81. The summed E-state index contributed by atoms with van der Waals surface area (Å²) < 4.78 is 31.9. The van der Waals surface area contributed by atoms with Crippen LogP contribution in [0.3, 0.4) is 0 Å². The molecule has 23 heavy (non-hydrogen) atoms. The standard InChI is InChI=1S/C16H20N2O4S/c1-11(19)14-7-8-18(9-14)23(20,21)15-5-3-13(4-6-15)16-10-22-12(2)17-16/h3-6,10-11,14,19H,7-9H2,1-2H3. The highest BCUT2D eigenvalue weighted by Crippen LogP contribution is 2.27. The zero-order valence-corrected chi connectivity index (χ0v) is 14.0. The Morgan fingerprint density at radius 3 is 2.57 bits per heavy atom. The van der Waals surface area contributed by atoms with Crippen molar-refractivity contribution in [1.82, 2.24) is 9.29 Å². The molecule has 2 unspecified atom stereocenters. The Kier molecular flexibility index (Phi) is 4.27. The van der Waals surface area contributed by atoms with Crippen LogP contribution in [0.15, 0.2) is 39.8 Å². The van der Waals surface area contributed by atoms with E-state index in [1.54, 1.807) is 44.4 Å². The predicted molar refractivity (Wildman–Crippen MR) is 85.2 cm³/mol. The first-order valence-corrected chi connectivity index (χ1v) is 9.03. The molecule has 1 fully saturated rings. The zero-order chi connectivity index (χ0) is 16.6. The fourth-order valence-electron chi connectivity index (χ4n) is 2.81. The Hall–Kier alpha value is -1.70. The number of hydrogen-bond donors (Lipinski definition) is 1. The van der Waals surface area contributed by atoms with Gasteiger partial charge in [0.2, 0.25) is 10.0 Å². The van der Waals surface area contributed by atoms with Gasteiger partial charge in [-0.1, -0.05) is 12.1 Å². The monoisotopic (exact) mass is 336 g/mol. The molecule has 0 radical (unpaired) electrons. The lowest BCUT2D eigenvalue weighted by molar-refractivity contribution is 0.133. The second-order valence-corrected chi connectivity index (χ2v) is 7.87. The molecule has 0 spiro atoms. The number of aliphatic hydroxyl groups is 1. The molecule has 1 N–H and O–H groups in total. The average Bonchev–Trinajstić information content (AvgIpc) is 3.16. The molecule has 7 heteroatoms. The number of nitrogens with zero attached hydrogens (tertiary/aromatic N) is 2. The number of oxazole rings is 1. The van der Waals surface area contributed by atoms with Crippen LogP contribution in [0.4, 0.5) is 0 Å². The maximum absolute atomic E-state index is 12.7. The van der Waals surface area contributed by atoms with Gasteiger partial charge in [0, 0.05) is 25.6 Å². The minimum absolute atomic E-state index is 0.00199. The minimum atomic E-state index is -3.52. The second kappa shape index (κ2) is 6.07. The van der Waals surface area contributed by atoms with Gasteiger partial charge in [-0.25, -0.2) is 13.4 Å². The van der Waals surface area contributed by atoms with Crippen molar-refractivity contribution in [2.24, 2.45) is 5.92 Å². The molecular formula is C16H20N2O4S. The summed E-state index contributed by atoms with van der Waals surface area (Å²) in [5.74, 6) is 0.570. The van der Waals surface area contributed by atoms with E-state index in [1.165, 1.54) is 4.31 Å². The molecular weight excluding hydrogens is 316 g/mol. The lowest BCUT2D eigenvalue weighted by atomic mass is 10.0. The van der Waals surface area contributed by atoms with Crippen molar-refractivity contribution in [3.8, 4) is 11.3 Å². The van der Waals surface area contributed by atoms with Gasteiger partial charge >= 0.3 is 0 Å². The summed E-state index contributed by atoms with van der Waals surface area (Å²) in [6.07, 6.45) is 1.74. The van der Waals surface area contributed by atoms with Crippen molar-refractivity contribution < 1.29 is 17.9 Å². The third-order valence-corrected chi connectivity index (χ3v) is 6.16. The van der Waals surface area contributed by atoms with Crippen molar-refractivity contribution >= 4 is 10.0 Å². The van der Waals surface area contributed by atoms with E-state index < -0.39 is 16.1 Å². The summed E-state index contributed by atoms with van der Waals surface area (Å²) in [4.78, 5) is 4.48. The molecule has 1 saturated heterocycles. The van der Waals surface area contributed by atoms with Crippen molar-refractivity contribution in [2.45, 2.75) is 31.3 Å². The molecule has 124 valence electrons. The molecule has 2 atom stereocenters. The van der Waals surface area contributed by atoms with Crippen LogP contribution >= 0.6 is 0 Å². The van der Waals surface area contributed by atoms with E-state index in [-0.39, 0.29) is 10.8 Å². The molecule has 0 amide bonds. The van der Waals surface area contributed by atoms with Crippen LogP contribution < -0.4 is 0 Å². The number of hydrogen-bond acceptors (Lipinski definition) is 5. The molecule has 6 nitrogen and oxygen atoms in total. The summed E-state index contributed by atoms with van der Waals surface area (Å²) in [6.45, 7) is 4.27. The van der Waals surface area contributed by atoms with E-state index >= 15 is 0 Å².